The van der Waals surface area contributed by atoms with Crippen molar-refractivity contribution in [2.45, 2.75) is 12.5 Å². The Morgan fingerprint density at radius 1 is 1.17 bits per heavy atom. The quantitative estimate of drug-likeness (QED) is 0.241. The number of rotatable bonds is 6. The first kappa shape index (κ1) is 22.3. The van der Waals surface area contributed by atoms with Gasteiger partial charge in [0.25, 0.3) is 5.56 Å². The first-order valence-corrected chi connectivity index (χ1v) is 11.4. The van der Waals surface area contributed by atoms with Crippen molar-refractivity contribution in [1.82, 2.24) is 14.8 Å². The number of hydrogen-bond donors (Lipinski definition) is 3. The molecule has 0 amide bonds. The predicted molar refractivity (Wildman–Crippen MR) is 133 cm³/mol. The zero-order valence-electron chi connectivity index (χ0n) is 18.4. The number of anilines is 2. The van der Waals surface area contributed by atoms with E-state index >= 15 is 0 Å². The van der Waals surface area contributed by atoms with Crippen LogP contribution in [0, 0.1) is 0 Å². The second kappa shape index (κ2) is 8.69. The minimum absolute atomic E-state index is 0.0431. The Bertz CT molecular complexity index is 1720. The number of nitrogens with two attached hydrogens (primary N) is 1. The molecule has 3 aromatic heterocycles. The van der Waals surface area contributed by atoms with Crippen LogP contribution in [-0.2, 0) is 7.05 Å². The summed E-state index contributed by atoms with van der Waals surface area (Å²) in [6, 6.07) is 14.1. The van der Waals surface area contributed by atoms with Gasteiger partial charge in [-0.2, -0.15) is 0 Å². The average Bonchev–Trinajstić information content (AvgIpc) is 3.26. The number of Topliss-reactive ketones (excluding diaryl/α,β-unsaturated/α-hetero) is 1. The molecule has 11 heteroatoms. The number of ketones is 1. The highest BCUT2D eigenvalue weighted by atomic mass is 32.1. The second-order valence-corrected chi connectivity index (χ2v) is 8.91. The van der Waals surface area contributed by atoms with Crippen LogP contribution in [0.1, 0.15) is 28.4 Å². The first-order valence-electron chi connectivity index (χ1n) is 10.6. The van der Waals surface area contributed by atoms with Crippen molar-refractivity contribution in [3.05, 3.63) is 86.5 Å². The third kappa shape index (κ3) is 4.02. The van der Waals surface area contributed by atoms with Crippen molar-refractivity contribution >= 4 is 49.3 Å². The van der Waals surface area contributed by atoms with E-state index in [9.17, 15) is 19.5 Å². The number of fused-ring (bicyclic) bond motifs is 2. The molecule has 0 spiro atoms. The zero-order chi connectivity index (χ0) is 24.7. The van der Waals surface area contributed by atoms with Crippen molar-refractivity contribution in [3.63, 3.8) is 0 Å². The number of aromatic nitrogens is 3. The topological polar surface area (TPSA) is 153 Å². The molecule has 0 bridgehead atoms. The summed E-state index contributed by atoms with van der Waals surface area (Å²) in [7, 11) is 1.58. The van der Waals surface area contributed by atoms with Gasteiger partial charge >= 0.3 is 5.63 Å². The van der Waals surface area contributed by atoms with Gasteiger partial charge in [-0.3, -0.25) is 9.59 Å². The third-order valence-electron chi connectivity index (χ3n) is 5.73. The van der Waals surface area contributed by atoms with Gasteiger partial charge in [0.1, 0.15) is 16.9 Å². The summed E-state index contributed by atoms with van der Waals surface area (Å²) in [6.45, 7) is 0. The van der Waals surface area contributed by atoms with Gasteiger partial charge in [-0.05, 0) is 24.3 Å². The van der Waals surface area contributed by atoms with Gasteiger partial charge in [-0.1, -0.05) is 41.7 Å². The molecule has 5 rings (SSSR count). The van der Waals surface area contributed by atoms with E-state index in [0.717, 1.165) is 11.3 Å². The summed E-state index contributed by atoms with van der Waals surface area (Å²) in [4.78, 5) is 39.2. The molecular formula is C24H19N5O5S. The van der Waals surface area contributed by atoms with Gasteiger partial charge in [0.15, 0.2) is 5.78 Å². The number of para-hydroxylation sites is 2. The molecule has 0 saturated carbocycles. The van der Waals surface area contributed by atoms with Crippen LogP contribution >= 0.6 is 11.3 Å². The monoisotopic (exact) mass is 489 g/mol. The van der Waals surface area contributed by atoms with Gasteiger partial charge < -0.3 is 25.1 Å². The lowest BCUT2D eigenvalue weighted by atomic mass is 9.96. The summed E-state index contributed by atoms with van der Waals surface area (Å²) < 4.78 is 6.69. The molecule has 1 unspecified atom stereocenters. The average molecular weight is 490 g/mol. The number of aromatic hydroxyl groups is 1. The lowest BCUT2D eigenvalue weighted by Gasteiger charge is -2.20. The van der Waals surface area contributed by atoms with E-state index < -0.39 is 23.0 Å². The molecule has 176 valence electrons. The summed E-state index contributed by atoms with van der Waals surface area (Å²) in [5, 5.41) is 23.2. The summed E-state index contributed by atoms with van der Waals surface area (Å²) in [5.74, 6) is -0.842. The summed E-state index contributed by atoms with van der Waals surface area (Å²) in [5.41, 5.74) is 5.07. The molecule has 5 aromatic rings. The fourth-order valence-electron chi connectivity index (χ4n) is 4.04. The number of hydrogen-bond acceptors (Lipinski definition) is 10. The van der Waals surface area contributed by atoms with Crippen LogP contribution in [0.25, 0.3) is 21.9 Å². The molecule has 10 nitrogen and oxygen atoms in total. The highest BCUT2D eigenvalue weighted by Crippen LogP contribution is 2.34. The summed E-state index contributed by atoms with van der Waals surface area (Å²) in [6.07, 6.45) is -0.344. The molecule has 0 saturated heterocycles. The number of nitrogens with zero attached hydrogens (tertiary/aromatic N) is 3. The van der Waals surface area contributed by atoms with Crippen molar-refractivity contribution in [3.8, 4) is 5.75 Å². The molecule has 0 radical (unpaired) electrons. The Labute approximate surface area is 201 Å². The fourth-order valence-corrected chi connectivity index (χ4v) is 4.60. The van der Waals surface area contributed by atoms with E-state index in [-0.39, 0.29) is 33.6 Å². The number of benzene rings is 2. The standard InChI is InChI=1S/C24H19N5O5S/c1-29-16-8-4-3-7-13(16)20(31)19(21(29)32)15(26-24-28-27-23(25)35-24)11-17(30)14-10-12-6-2-5-9-18(12)34-22(14)33/h2-10,15,31H,11H2,1H3,(H2,25,27)(H,26,28). The molecule has 1 atom stereocenters. The normalized spacial score (nSPS) is 12.1. The van der Waals surface area contributed by atoms with E-state index in [1.807, 2.05) is 0 Å². The van der Waals surface area contributed by atoms with Crippen LogP contribution in [-0.4, -0.2) is 25.7 Å². The Morgan fingerprint density at radius 3 is 2.69 bits per heavy atom. The molecule has 4 N–H and O–H groups in total. The molecular weight excluding hydrogens is 470 g/mol. The van der Waals surface area contributed by atoms with Gasteiger partial charge in [0.2, 0.25) is 10.3 Å². The Morgan fingerprint density at radius 2 is 1.91 bits per heavy atom. The van der Waals surface area contributed by atoms with E-state index in [1.165, 1.54) is 10.6 Å². The molecule has 35 heavy (non-hydrogen) atoms. The summed E-state index contributed by atoms with van der Waals surface area (Å²) >= 11 is 1.02. The van der Waals surface area contributed by atoms with Gasteiger partial charge in [-0.25, -0.2) is 4.79 Å². The van der Waals surface area contributed by atoms with Gasteiger partial charge in [0.05, 0.1) is 17.1 Å². The van der Waals surface area contributed by atoms with Crippen LogP contribution in [0.5, 0.6) is 5.75 Å². The van der Waals surface area contributed by atoms with Crippen LogP contribution in [0.15, 0.2) is 68.6 Å². The first-order chi connectivity index (χ1) is 16.8. The molecule has 0 fully saturated rings. The minimum atomic E-state index is -1.04. The molecule has 2 aromatic carbocycles. The molecule has 0 aliphatic carbocycles. The molecule has 0 aliphatic rings. The number of carbonyl (C=O) groups is 1. The zero-order valence-corrected chi connectivity index (χ0v) is 19.2. The predicted octanol–water partition coefficient (Wildman–Crippen LogP) is 3.21. The lowest BCUT2D eigenvalue weighted by Crippen LogP contribution is -2.29. The SMILES string of the molecule is Cn1c(=O)c(C(CC(=O)c2cc3ccccc3oc2=O)Nc2nnc(N)s2)c(O)c2ccccc21. The highest BCUT2D eigenvalue weighted by Gasteiger charge is 2.28. The maximum atomic E-state index is 13.3. The second-order valence-electron chi connectivity index (χ2n) is 7.90. The number of carbonyl (C=O) groups excluding carboxylic acids is 1. The Balaban J connectivity index is 1.63. The largest absolute Gasteiger partial charge is 0.507 e. The molecule has 3 heterocycles. The number of pyridine rings is 1. The van der Waals surface area contributed by atoms with Crippen molar-refractivity contribution in [1.29, 1.82) is 0 Å². The molecule has 0 aliphatic heterocycles. The van der Waals surface area contributed by atoms with Gasteiger partial charge in [-0.15, -0.1) is 10.2 Å². The number of nitrogens with one attached hydrogen (secondary N) is 1. The van der Waals surface area contributed by atoms with Crippen LogP contribution in [0.4, 0.5) is 10.3 Å². The van der Waals surface area contributed by atoms with Gasteiger partial charge in [0, 0.05) is 24.2 Å². The van der Waals surface area contributed by atoms with Crippen molar-refractivity contribution < 1.29 is 14.3 Å². The fraction of sp³-hybridized carbons (Fsp3) is 0.125. The van der Waals surface area contributed by atoms with E-state index in [4.69, 9.17) is 10.2 Å². The van der Waals surface area contributed by atoms with Crippen LogP contribution < -0.4 is 22.2 Å². The maximum Gasteiger partial charge on any atom is 0.347 e. The van der Waals surface area contributed by atoms with E-state index in [2.05, 4.69) is 15.5 Å². The van der Waals surface area contributed by atoms with Crippen molar-refractivity contribution in [2.75, 3.05) is 11.1 Å². The number of nitrogen functional groups attached to an aromatic ring is 1. The highest BCUT2D eigenvalue weighted by molar-refractivity contribution is 7.18. The smallest absolute Gasteiger partial charge is 0.347 e. The maximum absolute atomic E-state index is 13.3. The van der Waals surface area contributed by atoms with Crippen molar-refractivity contribution in [2.24, 2.45) is 7.05 Å². The van der Waals surface area contributed by atoms with E-state index in [1.54, 1.807) is 55.6 Å². The van der Waals surface area contributed by atoms with Crippen LogP contribution in [0.2, 0.25) is 0 Å². The Hall–Kier alpha value is -4.51. The Kier molecular flexibility index (Phi) is 5.53. The third-order valence-corrected chi connectivity index (χ3v) is 6.41. The van der Waals surface area contributed by atoms with E-state index in [0.29, 0.717) is 21.9 Å². The van der Waals surface area contributed by atoms with Crippen LogP contribution in [0.3, 0.4) is 0 Å². The lowest BCUT2D eigenvalue weighted by molar-refractivity contribution is 0.0973. The number of aryl methyl sites for hydroxylation is 1. The minimum Gasteiger partial charge on any atom is -0.507 e.